The predicted octanol–water partition coefficient (Wildman–Crippen LogP) is 7.12. The van der Waals surface area contributed by atoms with Crippen LogP contribution in [0.5, 0.6) is 0 Å². The van der Waals surface area contributed by atoms with Gasteiger partial charge in [0.05, 0.1) is 5.41 Å². The van der Waals surface area contributed by atoms with Gasteiger partial charge in [0.15, 0.2) is 0 Å². The van der Waals surface area contributed by atoms with E-state index >= 15 is 0 Å². The highest BCUT2D eigenvalue weighted by Gasteiger charge is 2.84. The van der Waals surface area contributed by atoms with Crippen molar-refractivity contribution in [3.63, 3.8) is 0 Å². The zero-order chi connectivity index (χ0) is 21.2. The van der Waals surface area contributed by atoms with Crippen LogP contribution in [0.4, 0.5) is 0 Å². The van der Waals surface area contributed by atoms with E-state index in [0.717, 1.165) is 5.92 Å². The maximum Gasteiger partial charge on any atom is 0.310 e. The quantitative estimate of drug-likeness (QED) is 0.475. The molecule has 0 aromatic heterocycles. The molecule has 7 atom stereocenters. The predicted molar refractivity (Wildman–Crippen MR) is 124 cm³/mol. The van der Waals surface area contributed by atoms with Crippen LogP contribution < -0.4 is 0 Å². The number of carboxylic acids is 1. The molecule has 0 spiro atoms. The Kier molecular flexibility index (Phi) is 4.47. The van der Waals surface area contributed by atoms with E-state index in [1.54, 1.807) is 0 Å². The number of fused-ring (bicyclic) bond motifs is 3. The maximum atomic E-state index is 11.2. The molecule has 0 radical (unpaired) electrons. The highest BCUT2D eigenvalue weighted by Crippen LogP contribution is 2.83. The Bertz CT molecular complexity index is 1130. The Morgan fingerprint density at radius 3 is 2.20 bits per heavy atom. The van der Waals surface area contributed by atoms with E-state index in [0.29, 0.717) is 29.6 Å². The molecule has 0 aliphatic heterocycles. The fraction of sp³-hybridized carbons (Fsp3) is 0.464. The average Bonchev–Trinajstić information content (AvgIpc) is 3.08. The molecule has 0 saturated heterocycles. The van der Waals surface area contributed by atoms with Crippen molar-refractivity contribution in [2.24, 2.45) is 35.0 Å². The SMILES string of the molecule is CC1C2CC3C1C3(C(=O)O)C2C.CCC(C)c1cc2ccccc2c2ccccc12. The first-order chi connectivity index (χ1) is 14.4. The Labute approximate surface area is 179 Å². The first-order valence-electron chi connectivity index (χ1n) is 11.6. The van der Waals surface area contributed by atoms with Gasteiger partial charge in [0.1, 0.15) is 0 Å². The van der Waals surface area contributed by atoms with Crippen LogP contribution in [-0.4, -0.2) is 11.1 Å². The van der Waals surface area contributed by atoms with Crippen LogP contribution in [0, 0.1) is 35.0 Å². The van der Waals surface area contributed by atoms with Gasteiger partial charge in [-0.25, -0.2) is 0 Å². The molecule has 4 fully saturated rings. The summed E-state index contributed by atoms with van der Waals surface area (Å²) in [6.07, 6.45) is 2.38. The smallest absolute Gasteiger partial charge is 0.310 e. The van der Waals surface area contributed by atoms with Crippen molar-refractivity contribution < 1.29 is 9.90 Å². The van der Waals surface area contributed by atoms with E-state index in [1.807, 2.05) is 0 Å². The highest BCUT2D eigenvalue weighted by molar-refractivity contribution is 6.09. The molecule has 7 rings (SSSR count). The maximum absolute atomic E-state index is 11.2. The minimum atomic E-state index is -0.517. The van der Waals surface area contributed by atoms with Crippen LogP contribution in [0.3, 0.4) is 0 Å². The summed E-state index contributed by atoms with van der Waals surface area (Å²) >= 11 is 0. The molecule has 4 aliphatic rings. The monoisotopic (exact) mass is 400 g/mol. The topological polar surface area (TPSA) is 37.3 Å². The van der Waals surface area contributed by atoms with Gasteiger partial charge in [0, 0.05) is 0 Å². The van der Waals surface area contributed by atoms with Gasteiger partial charge in [-0.05, 0) is 75.5 Å². The molecule has 3 aromatic rings. The molecule has 3 aromatic carbocycles. The first-order valence-corrected chi connectivity index (χ1v) is 11.6. The van der Waals surface area contributed by atoms with Crippen molar-refractivity contribution in [2.45, 2.75) is 46.5 Å². The van der Waals surface area contributed by atoms with Crippen LogP contribution in [-0.2, 0) is 4.79 Å². The molecule has 4 aliphatic carbocycles. The Morgan fingerprint density at radius 2 is 1.70 bits per heavy atom. The van der Waals surface area contributed by atoms with Gasteiger partial charge in [-0.15, -0.1) is 0 Å². The molecular weight excluding hydrogens is 368 g/mol. The summed E-state index contributed by atoms with van der Waals surface area (Å²) in [7, 11) is 0. The summed E-state index contributed by atoms with van der Waals surface area (Å²) in [5.74, 6) is 3.02. The molecule has 4 saturated carbocycles. The van der Waals surface area contributed by atoms with Gasteiger partial charge in [-0.2, -0.15) is 0 Å². The molecule has 0 heterocycles. The van der Waals surface area contributed by atoms with Crippen molar-refractivity contribution >= 4 is 27.5 Å². The number of carbonyl (C=O) groups is 1. The van der Waals surface area contributed by atoms with Gasteiger partial charge < -0.3 is 5.11 Å². The lowest BCUT2D eigenvalue weighted by atomic mass is 9.90. The van der Waals surface area contributed by atoms with Gasteiger partial charge in [0.25, 0.3) is 0 Å². The molecule has 0 amide bonds. The standard InChI is InChI=1S/C18H18.C10H14O2/c1-3-13(2)18-12-14-8-4-5-9-15(14)16-10-6-7-11-17(16)18;1-4-6-3-7-8(4)10(7,5(6)2)9(11)12/h4-13H,3H2,1-2H3;4-8H,3H2,1-2H3,(H,11,12). The first kappa shape index (κ1) is 19.6. The zero-order valence-electron chi connectivity index (χ0n) is 18.4. The number of carboxylic acid groups (broad SMARTS) is 1. The number of rotatable bonds is 3. The molecule has 2 nitrogen and oxygen atoms in total. The van der Waals surface area contributed by atoms with Gasteiger partial charge in [-0.1, -0.05) is 82.3 Å². The molecule has 1 N–H and O–H groups in total. The lowest BCUT2D eigenvalue weighted by molar-refractivity contribution is -0.145. The largest absolute Gasteiger partial charge is 0.481 e. The van der Waals surface area contributed by atoms with Crippen molar-refractivity contribution in [1.29, 1.82) is 0 Å². The normalized spacial score (nSPS) is 33.9. The minimum absolute atomic E-state index is 0.260. The highest BCUT2D eigenvalue weighted by atomic mass is 16.4. The van der Waals surface area contributed by atoms with Crippen molar-refractivity contribution in [1.82, 2.24) is 0 Å². The fourth-order valence-corrected chi connectivity index (χ4v) is 7.29. The van der Waals surface area contributed by atoms with Crippen LogP contribution >= 0.6 is 0 Å². The van der Waals surface area contributed by atoms with Gasteiger partial charge in [-0.3, -0.25) is 4.79 Å². The second kappa shape index (κ2) is 6.83. The van der Waals surface area contributed by atoms with E-state index in [4.69, 9.17) is 0 Å². The summed E-state index contributed by atoms with van der Waals surface area (Å²) in [4.78, 5) is 11.2. The van der Waals surface area contributed by atoms with Crippen LogP contribution in [0.1, 0.15) is 52.0 Å². The van der Waals surface area contributed by atoms with E-state index in [1.165, 1.54) is 39.9 Å². The summed E-state index contributed by atoms with van der Waals surface area (Å²) in [5, 5.41) is 14.7. The zero-order valence-corrected chi connectivity index (χ0v) is 18.4. The molecule has 4 bridgehead atoms. The molecule has 156 valence electrons. The number of aliphatic carboxylic acids is 1. The second-order valence-corrected chi connectivity index (χ2v) is 9.96. The summed E-state index contributed by atoms with van der Waals surface area (Å²) < 4.78 is 0. The third kappa shape index (κ3) is 2.46. The van der Waals surface area contributed by atoms with Crippen LogP contribution in [0.2, 0.25) is 0 Å². The molecular formula is C28H32O2. The Balaban J connectivity index is 0.000000139. The third-order valence-electron chi connectivity index (χ3n) is 8.97. The van der Waals surface area contributed by atoms with E-state index in [-0.39, 0.29) is 5.41 Å². The lowest BCUT2D eigenvalue weighted by Gasteiger charge is -2.15. The Hall–Kier alpha value is -2.35. The Morgan fingerprint density at radius 1 is 1.07 bits per heavy atom. The lowest BCUT2D eigenvalue weighted by Crippen LogP contribution is -2.22. The van der Waals surface area contributed by atoms with E-state index < -0.39 is 5.97 Å². The van der Waals surface area contributed by atoms with Crippen molar-refractivity contribution in [2.75, 3.05) is 0 Å². The van der Waals surface area contributed by atoms with Crippen LogP contribution in [0.25, 0.3) is 21.5 Å². The summed E-state index contributed by atoms with van der Waals surface area (Å²) in [5.41, 5.74) is 1.22. The van der Waals surface area contributed by atoms with Gasteiger partial charge in [0.2, 0.25) is 0 Å². The number of hydrogen-bond donors (Lipinski definition) is 1. The molecule has 2 heteroatoms. The van der Waals surface area contributed by atoms with Crippen molar-refractivity contribution in [3.8, 4) is 0 Å². The molecule has 30 heavy (non-hydrogen) atoms. The van der Waals surface area contributed by atoms with Crippen molar-refractivity contribution in [3.05, 3.63) is 60.2 Å². The second-order valence-electron chi connectivity index (χ2n) is 9.96. The summed E-state index contributed by atoms with van der Waals surface area (Å²) in [6, 6.07) is 19.8. The van der Waals surface area contributed by atoms with E-state index in [2.05, 4.69) is 82.3 Å². The number of hydrogen-bond acceptors (Lipinski definition) is 1. The molecule has 7 unspecified atom stereocenters. The summed E-state index contributed by atoms with van der Waals surface area (Å²) in [6.45, 7) is 8.96. The number of benzene rings is 3. The average molecular weight is 401 g/mol. The fourth-order valence-electron chi connectivity index (χ4n) is 7.29. The van der Waals surface area contributed by atoms with Gasteiger partial charge >= 0.3 is 5.97 Å². The van der Waals surface area contributed by atoms with Crippen LogP contribution in [0.15, 0.2) is 54.6 Å². The minimum Gasteiger partial charge on any atom is -0.481 e. The third-order valence-corrected chi connectivity index (χ3v) is 8.97. The van der Waals surface area contributed by atoms with E-state index in [9.17, 15) is 9.90 Å².